The van der Waals surface area contributed by atoms with Gasteiger partial charge in [-0.3, -0.25) is 9.69 Å². The fourth-order valence-corrected chi connectivity index (χ4v) is 2.51. The third kappa shape index (κ3) is 3.43. The van der Waals surface area contributed by atoms with Gasteiger partial charge in [-0.15, -0.1) is 0 Å². The van der Waals surface area contributed by atoms with Crippen LogP contribution >= 0.6 is 0 Å². The van der Waals surface area contributed by atoms with E-state index in [1.54, 1.807) is 0 Å². The third-order valence-electron chi connectivity index (χ3n) is 3.85. The van der Waals surface area contributed by atoms with E-state index in [1.807, 2.05) is 31.2 Å². The van der Waals surface area contributed by atoms with E-state index < -0.39 is 0 Å². The number of aryl methyl sites for hydroxylation is 1. The van der Waals surface area contributed by atoms with Gasteiger partial charge < -0.3 is 4.74 Å². The van der Waals surface area contributed by atoms with Gasteiger partial charge in [0.2, 0.25) is 0 Å². The molecular formula is C16H23NO2. The van der Waals surface area contributed by atoms with Crippen LogP contribution in [0.2, 0.25) is 0 Å². The Bertz CT molecular complexity index is 427. The van der Waals surface area contributed by atoms with Crippen molar-refractivity contribution in [1.29, 1.82) is 0 Å². The minimum atomic E-state index is -0.0705. The van der Waals surface area contributed by atoms with Crippen LogP contribution < -0.4 is 0 Å². The van der Waals surface area contributed by atoms with E-state index in [4.69, 9.17) is 4.74 Å². The predicted octanol–water partition coefficient (Wildman–Crippen LogP) is 2.54. The summed E-state index contributed by atoms with van der Waals surface area (Å²) in [4.78, 5) is 14.7. The zero-order valence-corrected chi connectivity index (χ0v) is 12.1. The van der Waals surface area contributed by atoms with Crippen LogP contribution in [0.15, 0.2) is 24.3 Å². The third-order valence-corrected chi connectivity index (χ3v) is 3.85. The van der Waals surface area contributed by atoms with Crippen molar-refractivity contribution in [2.24, 2.45) is 0 Å². The molecule has 3 heteroatoms. The molecule has 1 aliphatic rings. The van der Waals surface area contributed by atoms with Crippen molar-refractivity contribution in [3.8, 4) is 0 Å². The molecule has 0 N–H and O–H groups in total. The number of carbonyl (C=O) groups is 1. The van der Waals surface area contributed by atoms with Crippen molar-refractivity contribution in [3.05, 3.63) is 35.4 Å². The Morgan fingerprint density at radius 3 is 2.68 bits per heavy atom. The van der Waals surface area contributed by atoms with Gasteiger partial charge in [0.1, 0.15) is 0 Å². The largest absolute Gasteiger partial charge is 0.376 e. The Kier molecular flexibility index (Phi) is 4.72. The number of hydrogen-bond donors (Lipinski definition) is 0. The second-order valence-corrected chi connectivity index (χ2v) is 5.27. The molecule has 1 fully saturated rings. The van der Waals surface area contributed by atoms with Crippen molar-refractivity contribution in [1.82, 2.24) is 4.90 Å². The summed E-state index contributed by atoms with van der Waals surface area (Å²) >= 11 is 0. The smallest absolute Gasteiger partial charge is 0.179 e. The quantitative estimate of drug-likeness (QED) is 0.780. The predicted molar refractivity (Wildman–Crippen MR) is 76.6 cm³/mol. The summed E-state index contributed by atoms with van der Waals surface area (Å²) in [6.07, 6.45) is 1.22. The van der Waals surface area contributed by atoms with Crippen LogP contribution in [0.5, 0.6) is 0 Å². The number of morpholine rings is 1. The highest BCUT2D eigenvalue weighted by Gasteiger charge is 2.26. The maximum Gasteiger partial charge on any atom is 0.179 e. The molecule has 1 aliphatic heterocycles. The number of carbonyl (C=O) groups excluding carboxylic acids is 1. The van der Waals surface area contributed by atoms with E-state index in [9.17, 15) is 4.79 Å². The van der Waals surface area contributed by atoms with Crippen molar-refractivity contribution in [2.75, 3.05) is 19.7 Å². The molecule has 0 radical (unpaired) electrons. The fourth-order valence-electron chi connectivity index (χ4n) is 2.51. The molecule has 1 saturated heterocycles. The van der Waals surface area contributed by atoms with Crippen LogP contribution in [0.4, 0.5) is 0 Å². The number of nitrogens with zero attached hydrogens (tertiary/aromatic N) is 1. The number of rotatable bonds is 4. The Morgan fingerprint density at radius 1 is 1.42 bits per heavy atom. The van der Waals surface area contributed by atoms with Crippen LogP contribution in [0.25, 0.3) is 0 Å². The summed E-state index contributed by atoms with van der Waals surface area (Å²) < 4.78 is 5.52. The molecule has 2 unspecified atom stereocenters. The lowest BCUT2D eigenvalue weighted by Crippen LogP contribution is -2.48. The molecule has 0 aliphatic carbocycles. The second-order valence-electron chi connectivity index (χ2n) is 5.27. The standard InChI is InChI=1S/C16H23NO2/c1-4-14-5-7-15(8-6-14)16(18)13(3)17-9-10-19-12(2)11-17/h5-8,12-13H,4,9-11H2,1-3H3. The Morgan fingerprint density at radius 2 is 2.11 bits per heavy atom. The normalized spacial score (nSPS) is 22.2. The zero-order valence-electron chi connectivity index (χ0n) is 12.1. The van der Waals surface area contributed by atoms with Gasteiger partial charge in [-0.2, -0.15) is 0 Å². The van der Waals surface area contributed by atoms with Crippen LogP contribution in [0, 0.1) is 0 Å². The molecule has 0 bridgehead atoms. The maximum absolute atomic E-state index is 12.5. The fraction of sp³-hybridized carbons (Fsp3) is 0.562. The molecule has 1 heterocycles. The second kappa shape index (κ2) is 6.31. The Balaban J connectivity index is 2.05. The van der Waals surface area contributed by atoms with Gasteiger partial charge in [-0.25, -0.2) is 0 Å². The maximum atomic E-state index is 12.5. The summed E-state index contributed by atoms with van der Waals surface area (Å²) in [5, 5.41) is 0. The van der Waals surface area contributed by atoms with Gasteiger partial charge in [-0.05, 0) is 25.8 Å². The number of hydrogen-bond acceptors (Lipinski definition) is 3. The van der Waals surface area contributed by atoms with Crippen molar-refractivity contribution < 1.29 is 9.53 Å². The molecule has 2 atom stereocenters. The van der Waals surface area contributed by atoms with Gasteiger partial charge in [0.05, 0.1) is 18.8 Å². The van der Waals surface area contributed by atoms with Crippen molar-refractivity contribution in [3.63, 3.8) is 0 Å². The van der Waals surface area contributed by atoms with E-state index in [2.05, 4.69) is 18.7 Å². The average molecular weight is 261 g/mol. The first-order valence-electron chi connectivity index (χ1n) is 7.10. The molecule has 19 heavy (non-hydrogen) atoms. The monoisotopic (exact) mass is 261 g/mol. The lowest BCUT2D eigenvalue weighted by molar-refractivity contribution is -0.0277. The Hall–Kier alpha value is -1.19. The molecule has 104 valence electrons. The average Bonchev–Trinajstić information content (AvgIpc) is 2.46. The molecule has 0 amide bonds. The lowest BCUT2D eigenvalue weighted by Gasteiger charge is -2.34. The molecule has 1 aromatic carbocycles. The number of ketones is 1. The molecule has 1 aromatic rings. The van der Waals surface area contributed by atoms with E-state index in [0.29, 0.717) is 6.61 Å². The van der Waals surface area contributed by atoms with Crippen LogP contribution in [0.3, 0.4) is 0 Å². The lowest BCUT2D eigenvalue weighted by atomic mass is 10.0. The van der Waals surface area contributed by atoms with Gasteiger partial charge in [0.25, 0.3) is 0 Å². The van der Waals surface area contributed by atoms with Gasteiger partial charge in [-0.1, -0.05) is 31.2 Å². The highest BCUT2D eigenvalue weighted by atomic mass is 16.5. The Labute approximate surface area is 115 Å². The summed E-state index contributed by atoms with van der Waals surface area (Å²) in [7, 11) is 0. The molecule has 2 rings (SSSR count). The number of Topliss-reactive ketones (excluding diaryl/α,β-unsaturated/α-hetero) is 1. The van der Waals surface area contributed by atoms with Gasteiger partial charge >= 0.3 is 0 Å². The molecular weight excluding hydrogens is 238 g/mol. The minimum absolute atomic E-state index is 0.0705. The highest BCUT2D eigenvalue weighted by Crippen LogP contribution is 2.14. The molecule has 0 saturated carbocycles. The number of ether oxygens (including phenoxy) is 1. The van der Waals surface area contributed by atoms with Gasteiger partial charge in [0, 0.05) is 18.7 Å². The van der Waals surface area contributed by atoms with Crippen molar-refractivity contribution in [2.45, 2.75) is 39.3 Å². The minimum Gasteiger partial charge on any atom is -0.376 e. The summed E-state index contributed by atoms with van der Waals surface area (Å²) in [5.41, 5.74) is 2.08. The van der Waals surface area contributed by atoms with Crippen molar-refractivity contribution >= 4 is 5.78 Å². The summed E-state index contributed by atoms with van der Waals surface area (Å²) in [6.45, 7) is 8.56. The highest BCUT2D eigenvalue weighted by molar-refractivity contribution is 5.99. The first-order chi connectivity index (χ1) is 9.11. The van der Waals surface area contributed by atoms with Crippen LogP contribution in [0.1, 0.15) is 36.7 Å². The molecule has 0 aromatic heterocycles. The van der Waals surface area contributed by atoms with Gasteiger partial charge in [0.15, 0.2) is 5.78 Å². The van der Waals surface area contributed by atoms with E-state index in [-0.39, 0.29) is 17.9 Å². The topological polar surface area (TPSA) is 29.5 Å². The van der Waals surface area contributed by atoms with E-state index in [1.165, 1.54) is 5.56 Å². The number of benzene rings is 1. The van der Waals surface area contributed by atoms with Crippen LogP contribution in [-0.4, -0.2) is 42.5 Å². The summed E-state index contributed by atoms with van der Waals surface area (Å²) in [6, 6.07) is 7.91. The molecule has 0 spiro atoms. The SMILES string of the molecule is CCc1ccc(C(=O)C(C)N2CCOC(C)C2)cc1. The first-order valence-corrected chi connectivity index (χ1v) is 7.10. The van der Waals surface area contributed by atoms with E-state index >= 15 is 0 Å². The zero-order chi connectivity index (χ0) is 13.8. The molecule has 3 nitrogen and oxygen atoms in total. The summed E-state index contributed by atoms with van der Waals surface area (Å²) in [5.74, 6) is 0.205. The van der Waals surface area contributed by atoms with E-state index in [0.717, 1.165) is 25.1 Å². The first kappa shape index (κ1) is 14.2. The van der Waals surface area contributed by atoms with Crippen LogP contribution in [-0.2, 0) is 11.2 Å².